The van der Waals surface area contributed by atoms with E-state index < -0.39 is 0 Å². The van der Waals surface area contributed by atoms with E-state index in [4.69, 9.17) is 5.73 Å². The van der Waals surface area contributed by atoms with Gasteiger partial charge in [0.25, 0.3) is 0 Å². The highest BCUT2D eigenvalue weighted by Gasteiger charge is 1.92. The van der Waals surface area contributed by atoms with Crippen LogP contribution in [-0.4, -0.2) is 16.3 Å². The molecule has 0 saturated carbocycles. The van der Waals surface area contributed by atoms with E-state index in [2.05, 4.69) is 5.10 Å². The van der Waals surface area contributed by atoms with Crippen molar-refractivity contribution in [1.29, 1.82) is 0 Å². The normalized spacial score (nSPS) is 10.6. The van der Waals surface area contributed by atoms with Crippen LogP contribution in [0, 0.1) is 0 Å². The summed E-state index contributed by atoms with van der Waals surface area (Å²) in [5, 5.41) is 4.16. The Morgan fingerprint density at radius 1 is 1.00 bits per heavy atom. The van der Waals surface area contributed by atoms with Gasteiger partial charge in [-0.1, -0.05) is 25.7 Å². The summed E-state index contributed by atoms with van der Waals surface area (Å²) in [4.78, 5) is 0. The first-order valence-electron chi connectivity index (χ1n) is 5.61. The molecule has 0 radical (unpaired) electrons. The van der Waals surface area contributed by atoms with Crippen LogP contribution >= 0.6 is 0 Å². The summed E-state index contributed by atoms with van der Waals surface area (Å²) in [5.74, 6) is 0. The van der Waals surface area contributed by atoms with Crippen molar-refractivity contribution < 1.29 is 0 Å². The number of nitrogens with zero attached hydrogens (tertiary/aromatic N) is 2. The molecule has 0 spiro atoms. The number of rotatable bonds is 8. The Kier molecular flexibility index (Phi) is 6.07. The lowest BCUT2D eigenvalue weighted by molar-refractivity contribution is 0.525. The Labute approximate surface area is 86.3 Å². The van der Waals surface area contributed by atoms with Gasteiger partial charge in [-0.05, 0) is 25.5 Å². The van der Waals surface area contributed by atoms with Gasteiger partial charge in [0.2, 0.25) is 0 Å². The van der Waals surface area contributed by atoms with Crippen LogP contribution < -0.4 is 5.73 Å². The van der Waals surface area contributed by atoms with Crippen LogP contribution in [0.25, 0.3) is 0 Å². The van der Waals surface area contributed by atoms with E-state index in [1.165, 1.54) is 38.5 Å². The molecule has 0 bridgehead atoms. The second kappa shape index (κ2) is 7.56. The lowest BCUT2D eigenvalue weighted by Gasteiger charge is -2.01. The van der Waals surface area contributed by atoms with E-state index in [1.54, 1.807) is 0 Å². The monoisotopic (exact) mass is 195 g/mol. The first-order valence-corrected chi connectivity index (χ1v) is 5.61. The van der Waals surface area contributed by atoms with Crippen molar-refractivity contribution >= 4 is 0 Å². The van der Waals surface area contributed by atoms with E-state index in [0.29, 0.717) is 0 Å². The minimum absolute atomic E-state index is 0.841. The van der Waals surface area contributed by atoms with Crippen LogP contribution in [0.3, 0.4) is 0 Å². The Bertz CT molecular complexity index is 206. The third kappa shape index (κ3) is 5.02. The Morgan fingerprint density at radius 3 is 2.36 bits per heavy atom. The summed E-state index contributed by atoms with van der Waals surface area (Å²) in [6.45, 7) is 1.90. The average molecular weight is 195 g/mol. The molecule has 0 aliphatic carbocycles. The molecule has 0 aliphatic heterocycles. The van der Waals surface area contributed by atoms with Gasteiger partial charge in [-0.15, -0.1) is 0 Å². The molecular weight excluding hydrogens is 174 g/mol. The predicted octanol–water partition coefficient (Wildman–Crippen LogP) is 2.18. The summed E-state index contributed by atoms with van der Waals surface area (Å²) in [5.41, 5.74) is 5.42. The molecule has 1 rings (SSSR count). The second-order valence-corrected chi connectivity index (χ2v) is 3.68. The van der Waals surface area contributed by atoms with Crippen LogP contribution in [0.15, 0.2) is 18.5 Å². The maximum absolute atomic E-state index is 5.42. The average Bonchev–Trinajstić information content (AvgIpc) is 2.69. The lowest BCUT2D eigenvalue weighted by Crippen LogP contribution is -1.99. The van der Waals surface area contributed by atoms with Gasteiger partial charge >= 0.3 is 0 Å². The summed E-state index contributed by atoms with van der Waals surface area (Å²) >= 11 is 0. The molecule has 0 atom stereocenters. The van der Waals surface area contributed by atoms with Gasteiger partial charge < -0.3 is 5.73 Å². The minimum Gasteiger partial charge on any atom is -0.330 e. The van der Waals surface area contributed by atoms with Gasteiger partial charge in [0, 0.05) is 18.9 Å². The van der Waals surface area contributed by atoms with Gasteiger partial charge in [-0.2, -0.15) is 5.10 Å². The van der Waals surface area contributed by atoms with E-state index in [9.17, 15) is 0 Å². The molecule has 0 fully saturated rings. The number of aromatic nitrogens is 2. The number of nitrogens with two attached hydrogens (primary N) is 1. The zero-order chi connectivity index (χ0) is 10.1. The highest BCUT2D eigenvalue weighted by atomic mass is 15.3. The molecule has 14 heavy (non-hydrogen) atoms. The lowest BCUT2D eigenvalue weighted by atomic mass is 10.1. The van der Waals surface area contributed by atoms with E-state index in [0.717, 1.165) is 13.1 Å². The molecule has 1 heterocycles. The summed E-state index contributed by atoms with van der Waals surface area (Å²) in [6.07, 6.45) is 11.5. The highest BCUT2D eigenvalue weighted by Crippen LogP contribution is 2.05. The fraction of sp³-hybridized carbons (Fsp3) is 0.727. The summed E-state index contributed by atoms with van der Waals surface area (Å²) in [7, 11) is 0. The van der Waals surface area contributed by atoms with Crippen LogP contribution in [0.5, 0.6) is 0 Å². The highest BCUT2D eigenvalue weighted by molar-refractivity contribution is 4.77. The second-order valence-electron chi connectivity index (χ2n) is 3.68. The number of unbranched alkanes of at least 4 members (excludes halogenated alkanes) is 5. The zero-order valence-electron chi connectivity index (χ0n) is 8.86. The first kappa shape index (κ1) is 11.2. The van der Waals surface area contributed by atoms with E-state index in [1.807, 2.05) is 23.1 Å². The first-order chi connectivity index (χ1) is 6.93. The molecule has 0 aromatic carbocycles. The third-order valence-electron chi connectivity index (χ3n) is 2.40. The van der Waals surface area contributed by atoms with E-state index in [-0.39, 0.29) is 0 Å². The Balaban J connectivity index is 1.85. The van der Waals surface area contributed by atoms with Gasteiger partial charge in [-0.3, -0.25) is 4.68 Å². The van der Waals surface area contributed by atoms with Gasteiger partial charge in [-0.25, -0.2) is 0 Å². The molecule has 2 N–H and O–H groups in total. The summed E-state index contributed by atoms with van der Waals surface area (Å²) < 4.78 is 2.00. The molecule has 80 valence electrons. The summed E-state index contributed by atoms with van der Waals surface area (Å²) in [6, 6.07) is 1.97. The molecule has 0 aliphatic rings. The van der Waals surface area contributed by atoms with E-state index >= 15 is 0 Å². The van der Waals surface area contributed by atoms with Crippen LogP contribution in [-0.2, 0) is 6.54 Å². The van der Waals surface area contributed by atoms with Crippen molar-refractivity contribution in [2.45, 2.75) is 45.1 Å². The van der Waals surface area contributed by atoms with Crippen LogP contribution in [0.1, 0.15) is 38.5 Å². The predicted molar refractivity (Wildman–Crippen MR) is 59.0 cm³/mol. The van der Waals surface area contributed by atoms with Crippen molar-refractivity contribution in [2.24, 2.45) is 5.73 Å². The van der Waals surface area contributed by atoms with Crippen LogP contribution in [0.2, 0.25) is 0 Å². The largest absolute Gasteiger partial charge is 0.330 e. The molecule has 0 saturated heterocycles. The smallest absolute Gasteiger partial charge is 0.0489 e. The SMILES string of the molecule is NCCCCCCCCn1cccn1. The fourth-order valence-electron chi connectivity index (χ4n) is 1.56. The van der Waals surface area contributed by atoms with Crippen molar-refractivity contribution in [1.82, 2.24) is 9.78 Å². The van der Waals surface area contributed by atoms with Crippen molar-refractivity contribution in [2.75, 3.05) is 6.54 Å². The van der Waals surface area contributed by atoms with Gasteiger partial charge in [0.15, 0.2) is 0 Å². The maximum Gasteiger partial charge on any atom is 0.0489 e. The Morgan fingerprint density at radius 2 is 1.71 bits per heavy atom. The number of aryl methyl sites for hydroxylation is 1. The molecule has 0 amide bonds. The third-order valence-corrected chi connectivity index (χ3v) is 2.40. The standard InChI is InChI=1S/C11H21N3/c12-8-5-3-1-2-4-6-10-14-11-7-9-13-14/h7,9,11H,1-6,8,10,12H2. The van der Waals surface area contributed by atoms with Crippen molar-refractivity contribution in [3.05, 3.63) is 18.5 Å². The zero-order valence-corrected chi connectivity index (χ0v) is 8.86. The molecule has 3 nitrogen and oxygen atoms in total. The van der Waals surface area contributed by atoms with Crippen molar-refractivity contribution in [3.8, 4) is 0 Å². The maximum atomic E-state index is 5.42. The van der Waals surface area contributed by atoms with Gasteiger partial charge in [0.05, 0.1) is 0 Å². The fourth-order valence-corrected chi connectivity index (χ4v) is 1.56. The minimum atomic E-state index is 0.841. The van der Waals surface area contributed by atoms with Gasteiger partial charge in [0.1, 0.15) is 0 Å². The molecule has 3 heteroatoms. The Hall–Kier alpha value is -0.830. The van der Waals surface area contributed by atoms with Crippen LogP contribution in [0.4, 0.5) is 0 Å². The number of hydrogen-bond acceptors (Lipinski definition) is 2. The number of hydrogen-bond donors (Lipinski definition) is 1. The van der Waals surface area contributed by atoms with Crippen molar-refractivity contribution in [3.63, 3.8) is 0 Å². The quantitative estimate of drug-likeness (QED) is 0.646. The molecule has 1 aromatic heterocycles. The molecule has 0 unspecified atom stereocenters. The topological polar surface area (TPSA) is 43.8 Å². The molecular formula is C11H21N3. The molecule has 1 aromatic rings.